The van der Waals surface area contributed by atoms with Gasteiger partial charge in [0.1, 0.15) is 22.5 Å². The predicted octanol–water partition coefficient (Wildman–Crippen LogP) is 2.54. The van der Waals surface area contributed by atoms with E-state index in [0.29, 0.717) is 16.8 Å². The lowest BCUT2D eigenvalue weighted by molar-refractivity contribution is 0.0698. The summed E-state index contributed by atoms with van der Waals surface area (Å²) < 4.78 is 41.3. The Morgan fingerprint density at radius 2 is 1.81 bits per heavy atom. The zero-order valence-corrected chi connectivity index (χ0v) is 10.2. The van der Waals surface area contributed by atoms with Gasteiger partial charge in [-0.1, -0.05) is 11.3 Å². The number of hydrogen-bond acceptors (Lipinski definition) is 3. The molecule has 0 aliphatic heterocycles. The Labute approximate surface area is 115 Å². The molecule has 0 fully saturated rings. The zero-order valence-electron chi connectivity index (χ0n) is 10.2. The molecular weight excluding hydrogens is 287 g/mol. The highest BCUT2D eigenvalue weighted by Gasteiger charge is 2.21. The Bertz CT molecular complexity index is 853. The van der Waals surface area contributed by atoms with Crippen LogP contribution in [0.5, 0.6) is 0 Å². The van der Waals surface area contributed by atoms with Gasteiger partial charge < -0.3 is 5.11 Å². The summed E-state index contributed by atoms with van der Waals surface area (Å²) in [6, 6.07) is 5.10. The molecule has 1 heterocycles. The molecule has 0 amide bonds. The summed E-state index contributed by atoms with van der Waals surface area (Å²) in [5.74, 6) is -4.80. The Hall–Kier alpha value is -2.90. The lowest BCUT2D eigenvalue weighted by atomic mass is 10.1. The first-order valence-electron chi connectivity index (χ1n) is 5.71. The molecule has 0 spiro atoms. The highest BCUT2D eigenvalue weighted by molar-refractivity contribution is 6.01. The molecule has 106 valence electrons. The van der Waals surface area contributed by atoms with Gasteiger partial charge in [0.25, 0.3) is 0 Å². The SMILES string of the molecule is O=C(O)c1cccc2nnn(-c3c(F)cc(F)cc3F)c12. The third-order valence-electron chi connectivity index (χ3n) is 2.89. The van der Waals surface area contributed by atoms with Crippen molar-refractivity contribution in [1.82, 2.24) is 15.0 Å². The van der Waals surface area contributed by atoms with Crippen molar-refractivity contribution in [3.8, 4) is 5.69 Å². The molecule has 1 aromatic heterocycles. The van der Waals surface area contributed by atoms with Gasteiger partial charge in [-0.05, 0) is 12.1 Å². The van der Waals surface area contributed by atoms with Gasteiger partial charge in [0.15, 0.2) is 11.6 Å². The minimum Gasteiger partial charge on any atom is -0.478 e. The number of benzene rings is 2. The van der Waals surface area contributed by atoms with E-state index < -0.39 is 29.1 Å². The van der Waals surface area contributed by atoms with E-state index in [-0.39, 0.29) is 16.6 Å². The first-order valence-corrected chi connectivity index (χ1v) is 5.71. The van der Waals surface area contributed by atoms with Crippen LogP contribution in [-0.4, -0.2) is 26.1 Å². The average Bonchev–Trinajstić information content (AvgIpc) is 2.81. The van der Waals surface area contributed by atoms with Crippen LogP contribution in [0.2, 0.25) is 0 Å². The van der Waals surface area contributed by atoms with Crippen LogP contribution < -0.4 is 0 Å². The van der Waals surface area contributed by atoms with Crippen molar-refractivity contribution in [3.05, 3.63) is 53.3 Å². The fourth-order valence-electron chi connectivity index (χ4n) is 2.04. The lowest BCUT2D eigenvalue weighted by Crippen LogP contribution is -2.07. The largest absolute Gasteiger partial charge is 0.478 e. The number of fused-ring (bicyclic) bond motifs is 1. The molecule has 0 saturated carbocycles. The number of carboxylic acid groups (broad SMARTS) is 1. The molecule has 5 nitrogen and oxygen atoms in total. The number of hydrogen-bond donors (Lipinski definition) is 1. The number of para-hydroxylation sites is 1. The van der Waals surface area contributed by atoms with E-state index in [1.165, 1.54) is 18.2 Å². The smallest absolute Gasteiger partial charge is 0.337 e. The van der Waals surface area contributed by atoms with Gasteiger partial charge in [0.2, 0.25) is 0 Å². The second kappa shape index (κ2) is 4.58. The van der Waals surface area contributed by atoms with Gasteiger partial charge in [-0.3, -0.25) is 0 Å². The Kier molecular flexibility index (Phi) is 2.86. The summed E-state index contributed by atoms with van der Waals surface area (Å²) in [4.78, 5) is 11.2. The molecular formula is C13H6F3N3O2. The van der Waals surface area contributed by atoms with Crippen LogP contribution in [0.1, 0.15) is 10.4 Å². The van der Waals surface area contributed by atoms with Crippen molar-refractivity contribution in [1.29, 1.82) is 0 Å². The zero-order chi connectivity index (χ0) is 15.1. The summed E-state index contributed by atoms with van der Waals surface area (Å²) >= 11 is 0. The average molecular weight is 293 g/mol. The van der Waals surface area contributed by atoms with Gasteiger partial charge in [-0.15, -0.1) is 5.10 Å². The molecule has 2 aromatic carbocycles. The summed E-state index contributed by atoms with van der Waals surface area (Å²) in [6.45, 7) is 0. The summed E-state index contributed by atoms with van der Waals surface area (Å²) in [5.41, 5.74) is -0.833. The maximum absolute atomic E-state index is 13.8. The van der Waals surface area contributed by atoms with Crippen LogP contribution in [-0.2, 0) is 0 Å². The number of aromatic carboxylic acids is 1. The number of rotatable bonds is 2. The topological polar surface area (TPSA) is 68.0 Å². The number of aromatic nitrogens is 3. The van der Waals surface area contributed by atoms with Crippen molar-refractivity contribution in [2.75, 3.05) is 0 Å². The van der Waals surface area contributed by atoms with E-state index in [9.17, 15) is 18.0 Å². The Balaban J connectivity index is 2.39. The van der Waals surface area contributed by atoms with Crippen LogP contribution in [0, 0.1) is 17.5 Å². The molecule has 0 unspecified atom stereocenters. The quantitative estimate of drug-likeness (QED) is 0.788. The van der Waals surface area contributed by atoms with Crippen molar-refractivity contribution in [2.45, 2.75) is 0 Å². The highest BCUT2D eigenvalue weighted by atomic mass is 19.1. The van der Waals surface area contributed by atoms with Gasteiger partial charge in [-0.2, -0.15) is 0 Å². The summed E-state index contributed by atoms with van der Waals surface area (Å²) in [7, 11) is 0. The summed E-state index contributed by atoms with van der Waals surface area (Å²) in [6.07, 6.45) is 0. The second-order valence-corrected chi connectivity index (χ2v) is 4.20. The van der Waals surface area contributed by atoms with Crippen molar-refractivity contribution in [3.63, 3.8) is 0 Å². The Morgan fingerprint density at radius 1 is 1.14 bits per heavy atom. The van der Waals surface area contributed by atoms with Gasteiger partial charge in [0.05, 0.1) is 5.56 Å². The maximum Gasteiger partial charge on any atom is 0.337 e. The molecule has 0 aliphatic rings. The predicted molar refractivity (Wildman–Crippen MR) is 65.7 cm³/mol. The Morgan fingerprint density at radius 3 is 2.43 bits per heavy atom. The normalized spacial score (nSPS) is 11.0. The van der Waals surface area contributed by atoms with E-state index >= 15 is 0 Å². The van der Waals surface area contributed by atoms with Crippen LogP contribution in [0.3, 0.4) is 0 Å². The van der Waals surface area contributed by atoms with E-state index in [0.717, 1.165) is 0 Å². The maximum atomic E-state index is 13.8. The van der Waals surface area contributed by atoms with E-state index in [1.54, 1.807) is 0 Å². The molecule has 3 aromatic rings. The minimum absolute atomic E-state index is 0.0746. The van der Waals surface area contributed by atoms with E-state index in [2.05, 4.69) is 10.3 Å². The van der Waals surface area contributed by atoms with Crippen LogP contribution in [0.15, 0.2) is 30.3 Å². The van der Waals surface area contributed by atoms with Gasteiger partial charge in [0, 0.05) is 12.1 Å². The fourth-order valence-corrected chi connectivity index (χ4v) is 2.04. The monoisotopic (exact) mass is 293 g/mol. The first-order chi connectivity index (χ1) is 9.99. The van der Waals surface area contributed by atoms with Crippen LogP contribution in [0.4, 0.5) is 13.2 Å². The molecule has 1 N–H and O–H groups in total. The van der Waals surface area contributed by atoms with Crippen LogP contribution in [0.25, 0.3) is 16.7 Å². The number of carboxylic acids is 1. The molecule has 0 bridgehead atoms. The molecule has 21 heavy (non-hydrogen) atoms. The molecule has 0 atom stereocenters. The standard InChI is InChI=1S/C13H6F3N3O2/c14-6-4-8(15)12(9(16)5-6)19-11-7(13(20)21)2-1-3-10(11)17-18-19/h1-5H,(H,20,21). The second-order valence-electron chi connectivity index (χ2n) is 4.20. The lowest BCUT2D eigenvalue weighted by Gasteiger charge is -2.07. The number of nitrogens with zero attached hydrogens (tertiary/aromatic N) is 3. The highest BCUT2D eigenvalue weighted by Crippen LogP contribution is 2.24. The molecule has 3 rings (SSSR count). The molecule has 0 aliphatic carbocycles. The van der Waals surface area contributed by atoms with E-state index in [1.807, 2.05) is 0 Å². The fraction of sp³-hybridized carbons (Fsp3) is 0. The number of halogens is 3. The molecule has 0 radical (unpaired) electrons. The van der Waals surface area contributed by atoms with Crippen molar-refractivity contribution in [2.24, 2.45) is 0 Å². The third-order valence-corrected chi connectivity index (χ3v) is 2.89. The van der Waals surface area contributed by atoms with Crippen molar-refractivity contribution < 1.29 is 23.1 Å². The third kappa shape index (κ3) is 2.00. The van der Waals surface area contributed by atoms with Crippen molar-refractivity contribution >= 4 is 17.0 Å². The van der Waals surface area contributed by atoms with Gasteiger partial charge in [-0.25, -0.2) is 22.6 Å². The molecule has 8 heteroatoms. The number of carbonyl (C=O) groups is 1. The van der Waals surface area contributed by atoms with Crippen LogP contribution >= 0.6 is 0 Å². The summed E-state index contributed by atoms with van der Waals surface area (Å²) in [5, 5.41) is 16.4. The molecule has 0 saturated heterocycles. The van der Waals surface area contributed by atoms with Gasteiger partial charge >= 0.3 is 5.97 Å². The minimum atomic E-state index is -1.30. The first kappa shape index (κ1) is 13.1. The van der Waals surface area contributed by atoms with E-state index in [4.69, 9.17) is 5.11 Å².